The summed E-state index contributed by atoms with van der Waals surface area (Å²) in [7, 11) is 5.63. The summed E-state index contributed by atoms with van der Waals surface area (Å²) in [6.07, 6.45) is 0. The van der Waals surface area contributed by atoms with Crippen molar-refractivity contribution in [3.63, 3.8) is 0 Å². The first-order chi connectivity index (χ1) is 3.72. The van der Waals surface area contributed by atoms with Crippen molar-refractivity contribution in [1.29, 1.82) is 0 Å². The molecule has 0 heterocycles. The van der Waals surface area contributed by atoms with Crippen LogP contribution in [0.4, 0.5) is 0 Å². The number of nitrogens with one attached hydrogen (secondary N) is 1. The van der Waals surface area contributed by atoms with E-state index in [1.54, 1.807) is 7.05 Å². The number of hydrogen-bond acceptors (Lipinski definition) is 3. The first kappa shape index (κ1) is 8.02. The molecule has 0 aliphatic rings. The van der Waals surface area contributed by atoms with E-state index in [0.717, 1.165) is 0 Å². The highest BCUT2D eigenvalue weighted by Gasteiger charge is 2.04. The maximum absolute atomic E-state index is 10.2. The van der Waals surface area contributed by atoms with Crippen molar-refractivity contribution in [3.8, 4) is 0 Å². The molecule has 0 spiro atoms. The van der Waals surface area contributed by atoms with Gasteiger partial charge in [-0.15, -0.1) is 0 Å². The zero-order valence-electron chi connectivity index (χ0n) is 5.38. The van der Waals surface area contributed by atoms with Gasteiger partial charge < -0.3 is 0 Å². The molecule has 8 heavy (non-hydrogen) atoms. The van der Waals surface area contributed by atoms with Gasteiger partial charge in [-0.2, -0.15) is 0 Å². The van der Waals surface area contributed by atoms with Gasteiger partial charge in [-0.25, -0.2) is 0 Å². The Morgan fingerprint density at radius 2 is 2.12 bits per heavy atom. The molecule has 0 rings (SSSR count). The Morgan fingerprint density at radius 1 is 1.62 bits per heavy atom. The Hall–Kier alpha value is 0.0200. The summed E-state index contributed by atoms with van der Waals surface area (Å²) in [5.74, 6) is -0.0463. The van der Waals surface area contributed by atoms with Gasteiger partial charge in [0.2, 0.25) is 0 Å². The van der Waals surface area contributed by atoms with E-state index in [9.17, 15) is 4.57 Å². The molecule has 1 atom stereocenters. The number of hydrogen-bond donors (Lipinski definition) is 1. The van der Waals surface area contributed by atoms with E-state index in [1.807, 2.05) is 19.0 Å². The van der Waals surface area contributed by atoms with Gasteiger partial charge in [-0.1, -0.05) is 0 Å². The Bertz CT molecular complexity index is 76.4. The minimum Gasteiger partial charge on any atom is -0.295 e. The second-order valence-corrected chi connectivity index (χ2v) is 2.43. The van der Waals surface area contributed by atoms with Gasteiger partial charge in [-0.05, 0) is 21.1 Å². The third-order valence-electron chi connectivity index (χ3n) is 0.847. The highest BCUT2D eigenvalue weighted by atomic mass is 31.1. The maximum Gasteiger partial charge on any atom is 0.190 e. The van der Waals surface area contributed by atoms with Crippen molar-refractivity contribution < 1.29 is 4.57 Å². The van der Waals surface area contributed by atoms with E-state index in [-0.39, 0.29) is 14.4 Å². The van der Waals surface area contributed by atoms with Crippen molar-refractivity contribution in [2.45, 2.75) is 5.91 Å². The lowest BCUT2D eigenvalue weighted by Crippen LogP contribution is -2.33. The fraction of sp³-hybridized carbons (Fsp3) is 1.00. The lowest BCUT2D eigenvalue weighted by molar-refractivity contribution is 0.341. The molecular weight excluding hydrogens is 123 g/mol. The quantitative estimate of drug-likeness (QED) is 0.446. The Balaban J connectivity index is 3.51. The van der Waals surface area contributed by atoms with Crippen molar-refractivity contribution in [2.75, 3.05) is 21.1 Å². The van der Waals surface area contributed by atoms with E-state index < -0.39 is 0 Å². The van der Waals surface area contributed by atoms with Crippen LogP contribution in [0.5, 0.6) is 0 Å². The molecule has 0 radical (unpaired) electrons. The Labute approximate surface area is 51.3 Å². The maximum atomic E-state index is 10.2. The van der Waals surface area contributed by atoms with Gasteiger partial charge in [0.05, 0.1) is 0 Å². The molecule has 0 aromatic carbocycles. The summed E-state index contributed by atoms with van der Waals surface area (Å²) in [6, 6.07) is 0. The molecule has 0 aromatic rings. The standard InChI is InChI=1S/C4H11N2OP/c1-5-4(8-7)6(2)3/h4-5H,1-3H3. The predicted octanol–water partition coefficient (Wildman–Crippen LogP) is 0.343. The fourth-order valence-corrected chi connectivity index (χ4v) is 0.699. The monoisotopic (exact) mass is 134 g/mol. The van der Waals surface area contributed by atoms with Crippen LogP contribution in [0.15, 0.2) is 0 Å². The van der Waals surface area contributed by atoms with Crippen molar-refractivity contribution in [2.24, 2.45) is 0 Å². The highest BCUT2D eigenvalue weighted by Crippen LogP contribution is 2.02. The van der Waals surface area contributed by atoms with Crippen LogP contribution in [0.1, 0.15) is 0 Å². The predicted molar refractivity (Wildman–Crippen MR) is 34.1 cm³/mol. The van der Waals surface area contributed by atoms with Gasteiger partial charge in [0.15, 0.2) is 8.46 Å². The molecular formula is C4H11N2OP. The first-order valence-electron chi connectivity index (χ1n) is 2.38. The summed E-state index contributed by atoms with van der Waals surface area (Å²) >= 11 is 0. The van der Waals surface area contributed by atoms with Crippen molar-refractivity contribution in [1.82, 2.24) is 10.2 Å². The molecule has 0 amide bonds. The van der Waals surface area contributed by atoms with Crippen LogP contribution in [0.25, 0.3) is 0 Å². The average molecular weight is 134 g/mol. The van der Waals surface area contributed by atoms with Gasteiger partial charge in [-0.3, -0.25) is 14.8 Å². The van der Waals surface area contributed by atoms with Crippen LogP contribution >= 0.6 is 8.46 Å². The average Bonchev–Trinajstić information content (AvgIpc) is 1.69. The topological polar surface area (TPSA) is 32.3 Å². The van der Waals surface area contributed by atoms with E-state index in [2.05, 4.69) is 5.32 Å². The van der Waals surface area contributed by atoms with E-state index in [4.69, 9.17) is 0 Å². The van der Waals surface area contributed by atoms with E-state index >= 15 is 0 Å². The second-order valence-electron chi connectivity index (χ2n) is 1.73. The molecule has 48 valence electrons. The van der Waals surface area contributed by atoms with Crippen molar-refractivity contribution in [3.05, 3.63) is 0 Å². The number of nitrogens with zero attached hydrogens (tertiary/aromatic N) is 1. The molecule has 0 fully saturated rings. The van der Waals surface area contributed by atoms with Crippen LogP contribution in [0, 0.1) is 0 Å². The summed E-state index contributed by atoms with van der Waals surface area (Å²) in [5.41, 5.74) is 0. The number of rotatable bonds is 3. The van der Waals surface area contributed by atoms with Crippen LogP contribution in [-0.2, 0) is 4.57 Å². The molecule has 1 N–H and O–H groups in total. The Morgan fingerprint density at radius 3 is 2.12 bits per heavy atom. The molecule has 3 nitrogen and oxygen atoms in total. The summed E-state index contributed by atoms with van der Waals surface area (Å²) in [4.78, 5) is 1.84. The van der Waals surface area contributed by atoms with Crippen molar-refractivity contribution >= 4 is 8.46 Å². The van der Waals surface area contributed by atoms with E-state index in [1.165, 1.54) is 0 Å². The SMILES string of the molecule is CNC(P=O)N(C)C. The zero-order chi connectivity index (χ0) is 6.57. The van der Waals surface area contributed by atoms with Crippen LogP contribution in [0.2, 0.25) is 0 Å². The van der Waals surface area contributed by atoms with Crippen LogP contribution < -0.4 is 5.32 Å². The molecule has 1 unspecified atom stereocenters. The van der Waals surface area contributed by atoms with Gasteiger partial charge in [0.25, 0.3) is 0 Å². The fourth-order valence-electron chi connectivity index (χ4n) is 0.405. The minimum absolute atomic E-state index is 0.0463. The van der Waals surface area contributed by atoms with E-state index in [0.29, 0.717) is 0 Å². The summed E-state index contributed by atoms with van der Waals surface area (Å²) in [5, 5.41) is 2.85. The molecule has 0 bridgehead atoms. The third kappa shape index (κ3) is 2.36. The van der Waals surface area contributed by atoms with Crippen LogP contribution in [0.3, 0.4) is 0 Å². The molecule has 0 aliphatic carbocycles. The van der Waals surface area contributed by atoms with Crippen LogP contribution in [-0.4, -0.2) is 31.9 Å². The molecule has 4 heteroatoms. The van der Waals surface area contributed by atoms with Gasteiger partial charge in [0, 0.05) is 0 Å². The smallest absolute Gasteiger partial charge is 0.190 e. The third-order valence-corrected chi connectivity index (χ3v) is 1.77. The van der Waals surface area contributed by atoms with Gasteiger partial charge >= 0.3 is 0 Å². The Kier molecular flexibility index (Phi) is 3.97. The minimum atomic E-state index is -0.0463. The zero-order valence-corrected chi connectivity index (χ0v) is 6.27. The lowest BCUT2D eigenvalue weighted by Gasteiger charge is -2.15. The molecule has 0 aromatic heterocycles. The summed E-state index contributed by atoms with van der Waals surface area (Å²) < 4.78 is 10.2. The largest absolute Gasteiger partial charge is 0.295 e. The second kappa shape index (κ2) is 3.96. The first-order valence-corrected chi connectivity index (χ1v) is 3.26. The lowest BCUT2D eigenvalue weighted by atomic mass is 10.8. The molecule has 0 saturated heterocycles. The molecule has 0 saturated carbocycles. The molecule has 0 aliphatic heterocycles. The highest BCUT2D eigenvalue weighted by molar-refractivity contribution is 7.24. The van der Waals surface area contributed by atoms with Gasteiger partial charge in [0.1, 0.15) is 5.91 Å². The normalized spacial score (nSPS) is 15.0. The summed E-state index contributed by atoms with van der Waals surface area (Å²) in [6.45, 7) is 0.